The maximum absolute atomic E-state index is 7.81. The monoisotopic (exact) mass is 528 g/mol. The molecule has 0 atom stereocenters. The van der Waals surface area contributed by atoms with Crippen molar-refractivity contribution in [1.29, 1.82) is 5.41 Å². The van der Waals surface area contributed by atoms with Crippen LogP contribution in [0.1, 0.15) is 5.56 Å². The molecule has 0 aliphatic carbocycles. The summed E-state index contributed by atoms with van der Waals surface area (Å²) in [7, 11) is 0. The van der Waals surface area contributed by atoms with Crippen LogP contribution in [0.15, 0.2) is 133 Å². The lowest BCUT2D eigenvalue weighted by Crippen LogP contribution is -1.95. The fourth-order valence-electron chi connectivity index (χ4n) is 6.01. The summed E-state index contributed by atoms with van der Waals surface area (Å²) in [5, 5.41) is 12.9. The second-order valence-electron chi connectivity index (χ2n) is 10.2. The van der Waals surface area contributed by atoms with Crippen molar-refractivity contribution in [2.75, 3.05) is 0 Å². The van der Waals surface area contributed by atoms with E-state index in [2.05, 4.69) is 126 Å². The molecule has 0 spiro atoms. The van der Waals surface area contributed by atoms with Crippen LogP contribution in [0.4, 0.5) is 0 Å². The molecule has 0 saturated carbocycles. The molecule has 8 rings (SSSR count). The lowest BCUT2D eigenvalue weighted by atomic mass is 9.99. The smallest absolute Gasteiger partial charge is 0.0541 e. The van der Waals surface area contributed by atoms with E-state index < -0.39 is 0 Å². The summed E-state index contributed by atoms with van der Waals surface area (Å²) in [5.41, 5.74) is 9.19. The zero-order chi connectivity index (χ0) is 26.6. The van der Waals surface area contributed by atoms with E-state index in [1.807, 2.05) is 23.5 Å². The first-order valence-electron chi connectivity index (χ1n) is 13.4. The lowest BCUT2D eigenvalue weighted by Gasteiger charge is -2.10. The highest BCUT2D eigenvalue weighted by Crippen LogP contribution is 2.42. The second kappa shape index (κ2) is 9.04. The van der Waals surface area contributed by atoms with Crippen LogP contribution in [-0.4, -0.2) is 10.8 Å². The highest BCUT2D eigenvalue weighted by Gasteiger charge is 2.16. The van der Waals surface area contributed by atoms with Gasteiger partial charge in [0, 0.05) is 42.8 Å². The van der Waals surface area contributed by atoms with Gasteiger partial charge in [-0.3, -0.25) is 0 Å². The van der Waals surface area contributed by atoms with Crippen molar-refractivity contribution in [1.82, 2.24) is 4.57 Å². The SMILES string of the molecule is N=Cc1cccc(-n2c3ccc(-c4ccccc4)cc3c3cc(-c4cccc5c4sc4ccccc45)ccc32)c1. The summed E-state index contributed by atoms with van der Waals surface area (Å²) in [6.45, 7) is 0. The Morgan fingerprint density at radius 1 is 0.525 bits per heavy atom. The molecule has 2 aromatic heterocycles. The molecule has 8 aromatic rings. The van der Waals surface area contributed by atoms with Crippen LogP contribution in [0.5, 0.6) is 0 Å². The maximum Gasteiger partial charge on any atom is 0.0541 e. The number of benzene rings is 6. The average molecular weight is 529 g/mol. The molecule has 188 valence electrons. The number of fused-ring (bicyclic) bond motifs is 6. The highest BCUT2D eigenvalue weighted by atomic mass is 32.1. The van der Waals surface area contributed by atoms with E-state index in [-0.39, 0.29) is 0 Å². The fraction of sp³-hybridized carbons (Fsp3) is 0. The van der Waals surface area contributed by atoms with Gasteiger partial charge in [-0.05, 0) is 70.3 Å². The number of thiophene rings is 1. The van der Waals surface area contributed by atoms with Gasteiger partial charge in [0.05, 0.1) is 11.0 Å². The van der Waals surface area contributed by atoms with E-state index in [4.69, 9.17) is 5.41 Å². The molecule has 0 saturated heterocycles. The third-order valence-electron chi connectivity index (χ3n) is 7.88. The first-order chi connectivity index (χ1) is 19.8. The first kappa shape index (κ1) is 22.9. The number of hydrogen-bond acceptors (Lipinski definition) is 2. The van der Waals surface area contributed by atoms with Gasteiger partial charge < -0.3 is 9.98 Å². The van der Waals surface area contributed by atoms with Crippen LogP contribution < -0.4 is 0 Å². The minimum atomic E-state index is 0.890. The highest BCUT2D eigenvalue weighted by molar-refractivity contribution is 7.26. The van der Waals surface area contributed by atoms with Gasteiger partial charge in [-0.15, -0.1) is 11.3 Å². The molecule has 40 heavy (non-hydrogen) atoms. The number of rotatable bonds is 4. The van der Waals surface area contributed by atoms with Crippen molar-refractivity contribution in [2.24, 2.45) is 0 Å². The van der Waals surface area contributed by atoms with Crippen LogP contribution in [0.25, 0.3) is 69.9 Å². The predicted molar refractivity (Wildman–Crippen MR) is 172 cm³/mol. The quantitative estimate of drug-likeness (QED) is 0.220. The van der Waals surface area contributed by atoms with Gasteiger partial charge in [-0.2, -0.15) is 0 Å². The van der Waals surface area contributed by atoms with Gasteiger partial charge in [-0.1, -0.05) is 91.0 Å². The summed E-state index contributed by atoms with van der Waals surface area (Å²) in [5.74, 6) is 0. The normalized spacial score (nSPS) is 11.6. The van der Waals surface area contributed by atoms with Gasteiger partial charge in [0.15, 0.2) is 0 Å². The Labute approximate surface area is 235 Å². The van der Waals surface area contributed by atoms with Crippen molar-refractivity contribution >= 4 is 59.5 Å². The summed E-state index contributed by atoms with van der Waals surface area (Å²) < 4.78 is 4.98. The van der Waals surface area contributed by atoms with Gasteiger partial charge in [0.1, 0.15) is 0 Å². The van der Waals surface area contributed by atoms with E-state index in [1.165, 1.54) is 59.4 Å². The Hall–Kier alpha value is -4.99. The third kappa shape index (κ3) is 3.52. The molecule has 0 bridgehead atoms. The van der Waals surface area contributed by atoms with E-state index in [1.54, 1.807) is 0 Å². The number of hydrogen-bond donors (Lipinski definition) is 1. The van der Waals surface area contributed by atoms with Gasteiger partial charge in [0.25, 0.3) is 0 Å². The second-order valence-corrected chi connectivity index (χ2v) is 11.2. The van der Waals surface area contributed by atoms with E-state index >= 15 is 0 Å². The standard InChI is InChI=1S/C37H24N2S/c38-23-24-8-6-11-28(20-24)39-34-18-16-26(25-9-2-1-3-10-25)21-32(34)33-22-27(17-19-35(33)39)29-13-7-14-31-30-12-4-5-15-36(30)40-37(29)31/h1-23,38H. The van der Waals surface area contributed by atoms with Crippen molar-refractivity contribution in [3.63, 3.8) is 0 Å². The largest absolute Gasteiger partial charge is 0.309 e. The summed E-state index contributed by atoms with van der Waals surface area (Å²) in [6, 6.07) is 47.8. The van der Waals surface area contributed by atoms with Gasteiger partial charge in [-0.25, -0.2) is 0 Å². The molecule has 3 heteroatoms. The van der Waals surface area contributed by atoms with E-state index in [9.17, 15) is 0 Å². The minimum absolute atomic E-state index is 0.890. The Morgan fingerprint density at radius 3 is 2.05 bits per heavy atom. The Bertz CT molecular complexity index is 2230. The van der Waals surface area contributed by atoms with E-state index in [0.717, 1.165) is 22.3 Å². The summed E-state index contributed by atoms with van der Waals surface area (Å²) >= 11 is 1.87. The zero-order valence-corrected chi connectivity index (χ0v) is 22.5. The Kier molecular flexibility index (Phi) is 5.19. The molecule has 6 aromatic carbocycles. The molecule has 0 aliphatic heterocycles. The van der Waals surface area contributed by atoms with Gasteiger partial charge >= 0.3 is 0 Å². The molecule has 0 radical (unpaired) electrons. The van der Waals surface area contributed by atoms with Crippen molar-refractivity contribution < 1.29 is 0 Å². The Balaban J connectivity index is 1.42. The molecule has 2 nitrogen and oxygen atoms in total. The predicted octanol–water partition coefficient (Wildman–Crippen LogP) is 10.5. The lowest BCUT2D eigenvalue weighted by molar-refractivity contribution is 1.18. The number of aromatic nitrogens is 1. The van der Waals surface area contributed by atoms with Crippen LogP contribution in [-0.2, 0) is 0 Å². The number of nitrogens with one attached hydrogen (secondary N) is 1. The average Bonchev–Trinajstić information content (AvgIpc) is 3.56. The maximum atomic E-state index is 7.81. The number of nitrogens with zero attached hydrogens (tertiary/aromatic N) is 1. The van der Waals surface area contributed by atoms with Crippen LogP contribution >= 0.6 is 11.3 Å². The van der Waals surface area contributed by atoms with Crippen LogP contribution in [0.2, 0.25) is 0 Å². The minimum Gasteiger partial charge on any atom is -0.309 e. The molecular weight excluding hydrogens is 504 g/mol. The summed E-state index contributed by atoms with van der Waals surface area (Å²) in [4.78, 5) is 0. The van der Waals surface area contributed by atoms with Gasteiger partial charge in [0.2, 0.25) is 0 Å². The fourth-order valence-corrected chi connectivity index (χ4v) is 7.25. The Morgan fingerprint density at radius 2 is 1.23 bits per heavy atom. The molecule has 0 amide bonds. The molecule has 2 heterocycles. The zero-order valence-electron chi connectivity index (χ0n) is 21.6. The molecule has 1 N–H and O–H groups in total. The van der Waals surface area contributed by atoms with Crippen LogP contribution in [0, 0.1) is 5.41 Å². The van der Waals surface area contributed by atoms with Crippen molar-refractivity contribution in [3.8, 4) is 27.9 Å². The third-order valence-corrected chi connectivity index (χ3v) is 9.10. The molecule has 0 unspecified atom stereocenters. The van der Waals surface area contributed by atoms with Crippen molar-refractivity contribution in [2.45, 2.75) is 0 Å². The molecule has 0 fully saturated rings. The topological polar surface area (TPSA) is 28.8 Å². The van der Waals surface area contributed by atoms with E-state index in [0.29, 0.717) is 0 Å². The summed E-state index contributed by atoms with van der Waals surface area (Å²) in [6.07, 6.45) is 1.41. The van der Waals surface area contributed by atoms with Crippen LogP contribution in [0.3, 0.4) is 0 Å². The molecular formula is C37H24N2S. The molecule has 0 aliphatic rings. The van der Waals surface area contributed by atoms with Crippen molar-refractivity contribution in [3.05, 3.63) is 139 Å². The first-order valence-corrected chi connectivity index (χ1v) is 14.3.